The second kappa shape index (κ2) is 7.55. The van der Waals surface area contributed by atoms with Crippen LogP contribution in [0.3, 0.4) is 0 Å². The van der Waals surface area contributed by atoms with Crippen molar-refractivity contribution in [2.75, 3.05) is 18.4 Å². The van der Waals surface area contributed by atoms with Gasteiger partial charge in [-0.15, -0.1) is 11.3 Å². The second-order valence-corrected chi connectivity index (χ2v) is 6.77. The topological polar surface area (TPSA) is 88.3 Å². The molecule has 1 saturated heterocycles. The highest BCUT2D eigenvalue weighted by atomic mass is 32.1. The van der Waals surface area contributed by atoms with Gasteiger partial charge in [0.1, 0.15) is 6.04 Å². The predicted molar refractivity (Wildman–Crippen MR) is 93.4 cm³/mol. The van der Waals surface area contributed by atoms with Gasteiger partial charge >= 0.3 is 0 Å². The van der Waals surface area contributed by atoms with Gasteiger partial charge in [-0.05, 0) is 24.9 Å². The third-order valence-corrected chi connectivity index (χ3v) is 4.92. The molecule has 2 amide bonds. The van der Waals surface area contributed by atoms with Crippen molar-refractivity contribution in [3.8, 4) is 0 Å². The zero-order valence-corrected chi connectivity index (χ0v) is 14.0. The van der Waals surface area contributed by atoms with Crippen molar-refractivity contribution >= 4 is 28.3 Å². The summed E-state index contributed by atoms with van der Waals surface area (Å²) >= 11 is 1.39. The summed E-state index contributed by atoms with van der Waals surface area (Å²) in [5.74, 6) is -0.610. The molecule has 1 aliphatic heterocycles. The van der Waals surface area contributed by atoms with Crippen LogP contribution in [0, 0.1) is 5.92 Å². The molecule has 0 aliphatic carbocycles. The summed E-state index contributed by atoms with van der Waals surface area (Å²) < 4.78 is 0. The Kier molecular flexibility index (Phi) is 5.22. The van der Waals surface area contributed by atoms with Gasteiger partial charge in [0.15, 0.2) is 5.13 Å². The molecule has 24 heavy (non-hydrogen) atoms. The molecule has 3 rings (SSSR count). The van der Waals surface area contributed by atoms with Crippen molar-refractivity contribution in [1.82, 2.24) is 9.88 Å². The Labute approximate surface area is 144 Å². The number of primary amides is 1. The van der Waals surface area contributed by atoms with Crippen molar-refractivity contribution in [3.05, 3.63) is 47.5 Å². The molecule has 1 aromatic carbocycles. The van der Waals surface area contributed by atoms with Crippen molar-refractivity contribution in [2.45, 2.75) is 18.9 Å². The molecule has 2 heterocycles. The van der Waals surface area contributed by atoms with Crippen LogP contribution in [0.5, 0.6) is 0 Å². The normalized spacial score (nSPS) is 19.6. The molecule has 0 spiro atoms. The fraction of sp³-hybridized carbons (Fsp3) is 0.353. The van der Waals surface area contributed by atoms with Gasteiger partial charge in [-0.1, -0.05) is 30.3 Å². The molecule has 0 unspecified atom stereocenters. The largest absolute Gasteiger partial charge is 0.368 e. The minimum atomic E-state index is -0.498. The van der Waals surface area contributed by atoms with Gasteiger partial charge in [0.05, 0.1) is 5.92 Å². The zero-order chi connectivity index (χ0) is 16.9. The van der Waals surface area contributed by atoms with Crippen LogP contribution in [0.2, 0.25) is 0 Å². The summed E-state index contributed by atoms with van der Waals surface area (Å²) in [6.07, 6.45) is 3.31. The fourth-order valence-electron chi connectivity index (χ4n) is 3.14. The van der Waals surface area contributed by atoms with Crippen LogP contribution in [-0.2, 0) is 9.59 Å². The number of amides is 2. The van der Waals surface area contributed by atoms with Crippen molar-refractivity contribution in [2.24, 2.45) is 11.7 Å². The van der Waals surface area contributed by atoms with E-state index in [0.717, 1.165) is 24.9 Å². The van der Waals surface area contributed by atoms with E-state index in [1.165, 1.54) is 11.3 Å². The number of nitrogens with two attached hydrogens (primary N) is 1. The van der Waals surface area contributed by atoms with Gasteiger partial charge in [-0.3, -0.25) is 14.5 Å². The zero-order valence-electron chi connectivity index (χ0n) is 13.2. The first-order valence-corrected chi connectivity index (χ1v) is 8.82. The van der Waals surface area contributed by atoms with E-state index in [-0.39, 0.29) is 17.7 Å². The number of hydrogen-bond donors (Lipinski definition) is 2. The highest BCUT2D eigenvalue weighted by Crippen LogP contribution is 2.27. The lowest BCUT2D eigenvalue weighted by atomic mass is 9.94. The molecule has 2 aromatic rings. The number of aromatic nitrogens is 1. The quantitative estimate of drug-likeness (QED) is 0.868. The van der Waals surface area contributed by atoms with Gasteiger partial charge in [-0.2, -0.15) is 0 Å². The number of nitrogens with zero attached hydrogens (tertiary/aromatic N) is 2. The third kappa shape index (κ3) is 3.80. The Morgan fingerprint density at radius 2 is 2.12 bits per heavy atom. The summed E-state index contributed by atoms with van der Waals surface area (Å²) in [4.78, 5) is 30.5. The lowest BCUT2D eigenvalue weighted by molar-refractivity contribution is -0.127. The minimum absolute atomic E-state index is 0.0501. The smallest absolute Gasteiger partial charge is 0.239 e. The number of carbonyl (C=O) groups is 2. The lowest BCUT2D eigenvalue weighted by Gasteiger charge is -2.36. The second-order valence-electron chi connectivity index (χ2n) is 5.88. The Bertz CT molecular complexity index is 690. The average Bonchev–Trinajstić information content (AvgIpc) is 3.09. The predicted octanol–water partition coefficient (Wildman–Crippen LogP) is 2.02. The van der Waals surface area contributed by atoms with Crippen LogP contribution >= 0.6 is 11.3 Å². The number of likely N-dealkylation sites (tertiary alicyclic amines) is 1. The number of rotatable bonds is 5. The van der Waals surface area contributed by atoms with Gasteiger partial charge < -0.3 is 11.1 Å². The Balaban J connectivity index is 1.71. The average molecular weight is 344 g/mol. The molecular formula is C17H20N4O2S. The fourth-order valence-corrected chi connectivity index (χ4v) is 3.67. The van der Waals surface area contributed by atoms with E-state index in [9.17, 15) is 9.59 Å². The Morgan fingerprint density at radius 3 is 2.79 bits per heavy atom. The molecule has 0 radical (unpaired) electrons. The lowest BCUT2D eigenvalue weighted by Crippen LogP contribution is -2.46. The number of hydrogen-bond acceptors (Lipinski definition) is 5. The molecule has 126 valence electrons. The van der Waals surface area contributed by atoms with Gasteiger partial charge in [0, 0.05) is 18.1 Å². The summed E-state index contributed by atoms with van der Waals surface area (Å²) in [5.41, 5.74) is 6.51. The highest BCUT2D eigenvalue weighted by molar-refractivity contribution is 7.13. The maximum Gasteiger partial charge on any atom is 0.239 e. The van der Waals surface area contributed by atoms with Crippen molar-refractivity contribution in [3.63, 3.8) is 0 Å². The molecule has 2 atom stereocenters. The number of nitrogens with one attached hydrogen (secondary N) is 1. The van der Waals surface area contributed by atoms with Gasteiger partial charge in [0.25, 0.3) is 0 Å². The van der Waals surface area contributed by atoms with E-state index in [2.05, 4.69) is 10.3 Å². The number of thiazole rings is 1. The van der Waals surface area contributed by atoms with E-state index in [1.54, 1.807) is 6.20 Å². The molecule has 1 fully saturated rings. The number of benzene rings is 1. The van der Waals surface area contributed by atoms with Crippen molar-refractivity contribution < 1.29 is 9.59 Å². The SMILES string of the molecule is NC(=O)[C@@H](c1ccccc1)N1CCC[C@@H](C(=O)Nc2nccs2)C1. The summed E-state index contributed by atoms with van der Waals surface area (Å²) in [6.45, 7) is 1.27. The molecule has 3 N–H and O–H groups in total. The van der Waals surface area contributed by atoms with Gasteiger partial charge in [0.2, 0.25) is 11.8 Å². The summed E-state index contributed by atoms with van der Waals surface area (Å²) in [7, 11) is 0. The van der Waals surface area contributed by atoms with E-state index >= 15 is 0 Å². The Hall–Kier alpha value is -2.25. The number of piperidine rings is 1. The highest BCUT2D eigenvalue weighted by Gasteiger charge is 2.33. The molecule has 6 nitrogen and oxygen atoms in total. The molecule has 7 heteroatoms. The van der Waals surface area contributed by atoms with Crippen molar-refractivity contribution in [1.29, 1.82) is 0 Å². The first kappa shape index (κ1) is 16.6. The van der Waals surface area contributed by atoms with Crippen LogP contribution in [0.25, 0.3) is 0 Å². The number of anilines is 1. The Morgan fingerprint density at radius 1 is 1.33 bits per heavy atom. The van der Waals surface area contributed by atoms with Crippen LogP contribution in [0.15, 0.2) is 41.9 Å². The van der Waals surface area contributed by atoms with Crippen LogP contribution in [0.4, 0.5) is 5.13 Å². The monoisotopic (exact) mass is 344 g/mol. The van der Waals surface area contributed by atoms with E-state index in [4.69, 9.17) is 5.73 Å². The van der Waals surface area contributed by atoms with E-state index < -0.39 is 6.04 Å². The maximum absolute atomic E-state index is 12.5. The van der Waals surface area contributed by atoms with Gasteiger partial charge in [-0.25, -0.2) is 4.98 Å². The van der Waals surface area contributed by atoms with Crippen LogP contribution in [-0.4, -0.2) is 34.8 Å². The standard InChI is InChI=1S/C17H20N4O2S/c18-15(22)14(12-5-2-1-3-6-12)21-9-4-7-13(11-21)16(23)20-17-19-8-10-24-17/h1-3,5-6,8,10,13-14H,4,7,9,11H2,(H2,18,22)(H,19,20,23)/t13-,14-/m1/s1. The molecule has 1 aliphatic rings. The maximum atomic E-state index is 12.5. The summed E-state index contributed by atoms with van der Waals surface area (Å²) in [5, 5.41) is 5.27. The minimum Gasteiger partial charge on any atom is -0.368 e. The number of carbonyl (C=O) groups excluding carboxylic acids is 2. The molecule has 0 saturated carbocycles. The first-order valence-electron chi connectivity index (χ1n) is 7.94. The van der Waals surface area contributed by atoms with E-state index in [0.29, 0.717) is 11.7 Å². The van der Waals surface area contributed by atoms with Crippen LogP contribution < -0.4 is 11.1 Å². The molecule has 1 aromatic heterocycles. The molecule has 0 bridgehead atoms. The summed E-state index contributed by atoms with van der Waals surface area (Å²) in [6, 6.07) is 8.98. The first-order chi connectivity index (χ1) is 11.6. The van der Waals surface area contributed by atoms with E-state index in [1.807, 2.05) is 40.6 Å². The molecular weight excluding hydrogens is 324 g/mol. The third-order valence-electron chi connectivity index (χ3n) is 4.24. The van der Waals surface area contributed by atoms with Crippen LogP contribution in [0.1, 0.15) is 24.4 Å².